The van der Waals surface area contributed by atoms with E-state index in [1.54, 1.807) is 11.8 Å². The molecule has 0 aromatic rings. The van der Waals surface area contributed by atoms with Crippen molar-refractivity contribution in [3.05, 3.63) is 0 Å². The fourth-order valence-corrected chi connectivity index (χ4v) is 2.48. The van der Waals surface area contributed by atoms with E-state index in [9.17, 15) is 13.6 Å². The summed E-state index contributed by atoms with van der Waals surface area (Å²) in [6.07, 6.45) is 0.770. The Hall–Kier alpha value is 0.170. The molecule has 0 atom stereocenters. The van der Waals surface area contributed by atoms with E-state index in [-0.39, 0.29) is 0 Å². The first kappa shape index (κ1) is 10.3. The first-order chi connectivity index (χ1) is 5.55. The number of carbonyl (C=O) groups is 1. The summed E-state index contributed by atoms with van der Waals surface area (Å²) < 4.78 is 25.9. The molecule has 0 spiro atoms. The summed E-state index contributed by atoms with van der Waals surface area (Å²) in [4.78, 5) is 10.4. The molecule has 1 aliphatic rings. The second kappa shape index (κ2) is 3.92. The molecule has 0 aromatic carbocycles. The molecule has 0 aromatic heterocycles. The van der Waals surface area contributed by atoms with Crippen LogP contribution in [0.5, 0.6) is 0 Å². The molecule has 0 saturated carbocycles. The lowest BCUT2D eigenvalue weighted by atomic mass is 9.96. The third kappa shape index (κ3) is 2.10. The fourth-order valence-electron chi connectivity index (χ4n) is 1.22. The maximum Gasteiger partial charge on any atom is 0.322 e. The minimum Gasteiger partial charge on any atom is -0.274 e. The van der Waals surface area contributed by atoms with Gasteiger partial charge in [0, 0.05) is 5.92 Å². The molecule has 1 saturated heterocycles. The van der Waals surface area contributed by atoms with Crippen molar-refractivity contribution in [2.75, 3.05) is 11.5 Å². The lowest BCUT2D eigenvalue weighted by molar-refractivity contribution is -0.142. The Morgan fingerprint density at radius 1 is 1.42 bits per heavy atom. The quantitative estimate of drug-likeness (QED) is 0.658. The number of carbonyl (C=O) groups excluding carboxylic acids is 1. The molecular weight excluding hydrogens is 206 g/mol. The molecule has 1 rings (SSSR count). The van der Waals surface area contributed by atoms with Crippen molar-refractivity contribution in [2.24, 2.45) is 5.92 Å². The number of rotatable bonds is 2. The van der Waals surface area contributed by atoms with Gasteiger partial charge in [0.15, 0.2) is 0 Å². The summed E-state index contributed by atoms with van der Waals surface area (Å²) >= 11 is 6.45. The molecule has 0 unspecified atom stereocenters. The summed E-state index contributed by atoms with van der Waals surface area (Å²) in [5, 5.41) is -1.51. The Morgan fingerprint density at radius 2 is 1.92 bits per heavy atom. The van der Waals surface area contributed by atoms with Crippen molar-refractivity contribution >= 4 is 28.6 Å². The van der Waals surface area contributed by atoms with E-state index >= 15 is 0 Å². The Labute approximate surface area is 78.8 Å². The minimum atomic E-state index is -3.32. The number of alkyl halides is 2. The number of halogens is 3. The third-order valence-electron chi connectivity index (χ3n) is 2.00. The highest BCUT2D eigenvalue weighted by molar-refractivity contribution is 7.99. The smallest absolute Gasteiger partial charge is 0.274 e. The highest BCUT2D eigenvalue weighted by Gasteiger charge is 2.46. The Bertz CT molecular complexity index is 180. The first-order valence-corrected chi connectivity index (χ1v) is 5.24. The average molecular weight is 215 g/mol. The van der Waals surface area contributed by atoms with Crippen LogP contribution in [-0.2, 0) is 4.79 Å². The van der Waals surface area contributed by atoms with Crippen molar-refractivity contribution in [3.8, 4) is 0 Å². The molecule has 0 N–H and O–H groups in total. The van der Waals surface area contributed by atoms with Gasteiger partial charge in [-0.3, -0.25) is 4.79 Å². The first-order valence-electron chi connectivity index (χ1n) is 3.70. The van der Waals surface area contributed by atoms with Gasteiger partial charge in [-0.25, -0.2) is 0 Å². The summed E-state index contributed by atoms with van der Waals surface area (Å²) in [5.74, 6) is -2.76. The van der Waals surface area contributed by atoms with E-state index in [0.29, 0.717) is 24.3 Å². The highest BCUT2D eigenvalue weighted by Crippen LogP contribution is 2.36. The summed E-state index contributed by atoms with van der Waals surface area (Å²) in [5.41, 5.74) is 0. The molecule has 5 heteroatoms. The van der Waals surface area contributed by atoms with Crippen molar-refractivity contribution in [2.45, 2.75) is 18.8 Å². The molecular formula is C7H9ClF2OS. The fraction of sp³-hybridized carbons (Fsp3) is 0.857. The zero-order chi connectivity index (χ0) is 9.19. The van der Waals surface area contributed by atoms with Gasteiger partial charge in [0.1, 0.15) is 0 Å². The van der Waals surface area contributed by atoms with Gasteiger partial charge >= 0.3 is 5.92 Å². The average Bonchev–Trinajstić information content (AvgIpc) is 2.06. The molecule has 12 heavy (non-hydrogen) atoms. The predicted molar refractivity (Wildman–Crippen MR) is 45.9 cm³/mol. The lowest BCUT2D eigenvalue weighted by Gasteiger charge is -2.26. The van der Waals surface area contributed by atoms with Crippen molar-refractivity contribution in [1.29, 1.82) is 0 Å². The van der Waals surface area contributed by atoms with E-state index in [1.807, 2.05) is 0 Å². The molecule has 1 nitrogen and oxygen atoms in total. The number of thioether (sulfide) groups is 1. The van der Waals surface area contributed by atoms with E-state index in [1.165, 1.54) is 0 Å². The van der Waals surface area contributed by atoms with Gasteiger partial charge in [-0.05, 0) is 35.9 Å². The summed E-state index contributed by atoms with van der Waals surface area (Å²) in [6.45, 7) is 0. The van der Waals surface area contributed by atoms with Crippen LogP contribution in [0, 0.1) is 5.92 Å². The highest BCUT2D eigenvalue weighted by atomic mass is 35.5. The maximum absolute atomic E-state index is 12.9. The molecule has 0 radical (unpaired) electrons. The van der Waals surface area contributed by atoms with Crippen molar-refractivity contribution in [3.63, 3.8) is 0 Å². The van der Waals surface area contributed by atoms with Gasteiger partial charge in [0.05, 0.1) is 0 Å². The monoisotopic (exact) mass is 214 g/mol. The molecule has 0 amide bonds. The van der Waals surface area contributed by atoms with Gasteiger partial charge < -0.3 is 0 Å². The Balaban J connectivity index is 2.59. The van der Waals surface area contributed by atoms with Crippen molar-refractivity contribution < 1.29 is 13.6 Å². The molecule has 70 valence electrons. The van der Waals surface area contributed by atoms with Crippen LogP contribution in [0.1, 0.15) is 12.8 Å². The molecule has 0 bridgehead atoms. The van der Waals surface area contributed by atoms with Gasteiger partial charge in [-0.1, -0.05) is 0 Å². The van der Waals surface area contributed by atoms with Crippen LogP contribution in [0.3, 0.4) is 0 Å². The van der Waals surface area contributed by atoms with E-state index in [0.717, 1.165) is 0 Å². The minimum absolute atomic E-state index is 0.385. The van der Waals surface area contributed by atoms with Gasteiger partial charge in [0.2, 0.25) is 0 Å². The van der Waals surface area contributed by atoms with Crippen molar-refractivity contribution in [1.82, 2.24) is 0 Å². The second-order valence-corrected chi connectivity index (χ2v) is 4.35. The second-order valence-electron chi connectivity index (χ2n) is 2.78. The number of hydrogen-bond acceptors (Lipinski definition) is 2. The van der Waals surface area contributed by atoms with Crippen LogP contribution >= 0.6 is 23.4 Å². The Morgan fingerprint density at radius 3 is 2.33 bits per heavy atom. The maximum atomic E-state index is 12.9. The van der Waals surface area contributed by atoms with Crippen LogP contribution in [0.2, 0.25) is 0 Å². The largest absolute Gasteiger partial charge is 0.322 e. The molecule has 1 aliphatic heterocycles. The zero-order valence-corrected chi connectivity index (χ0v) is 7.93. The lowest BCUT2D eigenvalue weighted by Crippen LogP contribution is -2.36. The van der Waals surface area contributed by atoms with E-state index in [4.69, 9.17) is 11.6 Å². The summed E-state index contributed by atoms with van der Waals surface area (Å²) in [7, 11) is 0. The van der Waals surface area contributed by atoms with Crippen LogP contribution in [-0.4, -0.2) is 22.7 Å². The van der Waals surface area contributed by atoms with Crippen LogP contribution in [0.15, 0.2) is 0 Å². The Kier molecular flexibility index (Phi) is 3.35. The van der Waals surface area contributed by atoms with Crippen LogP contribution in [0.4, 0.5) is 8.78 Å². The van der Waals surface area contributed by atoms with E-state index < -0.39 is 17.1 Å². The molecule has 0 aliphatic carbocycles. The van der Waals surface area contributed by atoms with Gasteiger partial charge in [-0.2, -0.15) is 20.5 Å². The predicted octanol–water partition coefficient (Wildman–Crippen LogP) is 2.53. The normalized spacial score (nSPS) is 20.9. The third-order valence-corrected chi connectivity index (χ3v) is 3.30. The number of hydrogen-bond donors (Lipinski definition) is 0. The molecule has 1 fully saturated rings. The zero-order valence-electron chi connectivity index (χ0n) is 6.36. The standard InChI is InChI=1S/C7H9ClF2OS/c8-6(11)7(9,10)5-1-3-12-4-2-5/h5H,1-4H2. The van der Waals surface area contributed by atoms with Gasteiger partial charge in [0.25, 0.3) is 5.24 Å². The van der Waals surface area contributed by atoms with E-state index in [2.05, 4.69) is 0 Å². The topological polar surface area (TPSA) is 17.1 Å². The van der Waals surface area contributed by atoms with Crippen LogP contribution < -0.4 is 0 Å². The molecule has 1 heterocycles. The summed E-state index contributed by atoms with van der Waals surface area (Å²) in [6, 6.07) is 0. The van der Waals surface area contributed by atoms with Crippen LogP contribution in [0.25, 0.3) is 0 Å². The van der Waals surface area contributed by atoms with Gasteiger partial charge in [-0.15, -0.1) is 0 Å². The SMILES string of the molecule is O=C(Cl)C(F)(F)C1CCSCC1.